The van der Waals surface area contributed by atoms with Crippen LogP contribution in [0.5, 0.6) is 0 Å². The van der Waals surface area contributed by atoms with Gasteiger partial charge in [-0.2, -0.15) is 0 Å². The van der Waals surface area contributed by atoms with Crippen LogP contribution >= 0.6 is 0 Å². The van der Waals surface area contributed by atoms with Gasteiger partial charge in [-0.05, 0) is 0 Å². The van der Waals surface area contributed by atoms with Gasteiger partial charge in [0.05, 0.1) is 0 Å². The number of benzene rings is 1. The van der Waals surface area contributed by atoms with E-state index in [2.05, 4.69) is 50.3 Å². The van der Waals surface area contributed by atoms with Crippen molar-refractivity contribution in [1.29, 1.82) is 0 Å². The molecule has 1 fully saturated rings. The number of hydrogen-bond donors (Lipinski definition) is 0. The summed E-state index contributed by atoms with van der Waals surface area (Å²) in [4.78, 5) is 5.01. The molecule has 2 aliphatic rings. The first-order valence-corrected chi connectivity index (χ1v) is 13.5. The van der Waals surface area contributed by atoms with Gasteiger partial charge in [-0.1, -0.05) is 0 Å². The normalized spacial score (nSPS) is 24.0. The SMILES string of the molecule is C[CH2][Ge]1([CH2]C)[CH2]C2=CC(Cc3ccccc3)N=C2[CH2]1. The third kappa shape index (κ3) is 2.58. The molecule has 1 saturated heterocycles. The minimum absolute atomic E-state index is 0.418. The number of nitrogens with zero attached hydrogens (tertiary/aromatic N) is 1. The first kappa shape index (κ1) is 13.2. The van der Waals surface area contributed by atoms with E-state index in [1.807, 2.05) is 0 Å². The minimum atomic E-state index is -1.53. The van der Waals surface area contributed by atoms with Crippen molar-refractivity contribution in [3.8, 4) is 0 Å². The van der Waals surface area contributed by atoms with Crippen LogP contribution in [0, 0.1) is 0 Å². The van der Waals surface area contributed by atoms with E-state index in [0.717, 1.165) is 6.42 Å². The molecule has 19 heavy (non-hydrogen) atoms. The van der Waals surface area contributed by atoms with Gasteiger partial charge < -0.3 is 0 Å². The van der Waals surface area contributed by atoms with Crippen molar-refractivity contribution in [2.45, 2.75) is 47.3 Å². The van der Waals surface area contributed by atoms with Gasteiger partial charge in [0.15, 0.2) is 0 Å². The molecule has 1 atom stereocenters. The van der Waals surface area contributed by atoms with Gasteiger partial charge in [0.1, 0.15) is 0 Å². The van der Waals surface area contributed by atoms with E-state index in [1.54, 1.807) is 5.57 Å². The molecule has 2 heterocycles. The number of allylic oxidation sites excluding steroid dienone is 1. The van der Waals surface area contributed by atoms with Crippen LogP contribution in [-0.2, 0) is 6.42 Å². The summed E-state index contributed by atoms with van der Waals surface area (Å²) in [5.74, 6) is 0. The molecule has 1 nitrogen and oxygen atoms in total. The molecule has 2 aliphatic heterocycles. The number of hydrogen-bond acceptors (Lipinski definition) is 1. The van der Waals surface area contributed by atoms with Crippen LogP contribution in [-0.4, -0.2) is 25.0 Å². The Labute approximate surface area is 119 Å². The maximum atomic E-state index is 5.01. The van der Waals surface area contributed by atoms with E-state index >= 15 is 0 Å². The molecule has 0 radical (unpaired) electrons. The van der Waals surface area contributed by atoms with Crippen LogP contribution in [0.4, 0.5) is 0 Å². The molecule has 0 amide bonds. The molecule has 2 heteroatoms. The Morgan fingerprint density at radius 3 is 2.47 bits per heavy atom. The van der Waals surface area contributed by atoms with Crippen molar-refractivity contribution < 1.29 is 0 Å². The van der Waals surface area contributed by atoms with Gasteiger partial charge in [-0.15, -0.1) is 0 Å². The van der Waals surface area contributed by atoms with Crippen LogP contribution < -0.4 is 0 Å². The van der Waals surface area contributed by atoms with Crippen LogP contribution in [0.15, 0.2) is 47.0 Å². The standard InChI is InChI=1S/C17H23GeN/c1-3-18(4-2)12-15-11-16(19-17(15)13-18)10-14-8-6-5-7-9-14/h5-9,11,16H,3-4,10,12-13H2,1-2H3. The average Bonchev–Trinajstić information content (AvgIpc) is 2.95. The summed E-state index contributed by atoms with van der Waals surface area (Å²) in [6.07, 6.45) is 3.55. The summed E-state index contributed by atoms with van der Waals surface area (Å²) < 4.78 is 0. The number of aliphatic imine (C=N–C) groups is 1. The molecule has 0 aromatic heterocycles. The summed E-state index contributed by atoms with van der Waals surface area (Å²) in [6.45, 7) is 4.82. The van der Waals surface area contributed by atoms with Crippen molar-refractivity contribution in [2.75, 3.05) is 0 Å². The van der Waals surface area contributed by atoms with E-state index in [-0.39, 0.29) is 0 Å². The van der Waals surface area contributed by atoms with Crippen molar-refractivity contribution in [3.05, 3.63) is 47.5 Å². The summed E-state index contributed by atoms with van der Waals surface area (Å²) in [7, 11) is 0. The van der Waals surface area contributed by atoms with E-state index in [9.17, 15) is 0 Å². The third-order valence-corrected chi connectivity index (χ3v) is 15.9. The monoisotopic (exact) mass is 315 g/mol. The van der Waals surface area contributed by atoms with E-state index in [4.69, 9.17) is 4.99 Å². The van der Waals surface area contributed by atoms with Crippen molar-refractivity contribution in [1.82, 2.24) is 0 Å². The molecule has 0 bridgehead atoms. The topological polar surface area (TPSA) is 12.4 Å². The molecule has 3 rings (SSSR count). The summed E-state index contributed by atoms with van der Waals surface area (Å²) >= 11 is -1.53. The zero-order chi connectivity index (χ0) is 13.3. The second-order valence-corrected chi connectivity index (χ2v) is 16.8. The first-order chi connectivity index (χ1) is 9.24. The molecule has 100 valence electrons. The van der Waals surface area contributed by atoms with E-state index < -0.39 is 13.3 Å². The molecule has 1 aromatic rings. The van der Waals surface area contributed by atoms with Crippen LogP contribution in [0.1, 0.15) is 19.4 Å². The first-order valence-electron chi connectivity index (χ1n) is 7.56. The zero-order valence-electron chi connectivity index (χ0n) is 12.0. The second kappa shape index (κ2) is 5.28. The van der Waals surface area contributed by atoms with Gasteiger partial charge in [-0.3, -0.25) is 0 Å². The number of fused-ring (bicyclic) bond motifs is 1. The van der Waals surface area contributed by atoms with Crippen molar-refractivity contribution in [3.63, 3.8) is 0 Å². The Balaban J connectivity index is 1.71. The fourth-order valence-electron chi connectivity index (χ4n) is 3.50. The average molecular weight is 314 g/mol. The molecular weight excluding hydrogens is 291 g/mol. The maximum absolute atomic E-state index is 5.01. The third-order valence-electron chi connectivity index (χ3n) is 4.98. The summed E-state index contributed by atoms with van der Waals surface area (Å²) in [5.41, 5.74) is 4.53. The van der Waals surface area contributed by atoms with Gasteiger partial charge in [-0.25, -0.2) is 0 Å². The zero-order valence-corrected chi connectivity index (χ0v) is 14.1. The molecule has 0 N–H and O–H groups in total. The molecule has 0 spiro atoms. The van der Waals surface area contributed by atoms with E-state index in [0.29, 0.717) is 6.04 Å². The molecule has 0 aliphatic carbocycles. The van der Waals surface area contributed by atoms with Gasteiger partial charge >= 0.3 is 119 Å². The van der Waals surface area contributed by atoms with Crippen LogP contribution in [0.3, 0.4) is 0 Å². The van der Waals surface area contributed by atoms with Crippen molar-refractivity contribution in [2.24, 2.45) is 4.99 Å². The predicted octanol–water partition coefficient (Wildman–Crippen LogP) is 4.48. The quantitative estimate of drug-likeness (QED) is 0.727. The summed E-state index contributed by atoms with van der Waals surface area (Å²) in [6, 6.07) is 11.2. The molecule has 0 saturated carbocycles. The van der Waals surface area contributed by atoms with Crippen LogP contribution in [0.25, 0.3) is 0 Å². The van der Waals surface area contributed by atoms with Crippen LogP contribution in [0.2, 0.25) is 21.0 Å². The van der Waals surface area contributed by atoms with Gasteiger partial charge in [0.25, 0.3) is 0 Å². The van der Waals surface area contributed by atoms with E-state index in [1.165, 1.54) is 32.3 Å². The Morgan fingerprint density at radius 2 is 1.84 bits per heavy atom. The fraction of sp³-hybridized carbons (Fsp3) is 0.471. The number of rotatable bonds is 4. The fourth-order valence-corrected chi connectivity index (χ4v) is 11.4. The summed E-state index contributed by atoms with van der Waals surface area (Å²) in [5, 5.41) is 5.77. The Bertz CT molecular complexity index is 487. The van der Waals surface area contributed by atoms with Gasteiger partial charge in [0, 0.05) is 0 Å². The van der Waals surface area contributed by atoms with Crippen molar-refractivity contribution >= 4 is 19.0 Å². The predicted molar refractivity (Wildman–Crippen MR) is 85.8 cm³/mol. The Morgan fingerprint density at radius 1 is 1.11 bits per heavy atom. The Kier molecular flexibility index (Phi) is 3.66. The Hall–Kier alpha value is -0.827. The second-order valence-electron chi connectivity index (χ2n) is 6.09. The molecular formula is C17H23GeN. The van der Waals surface area contributed by atoms with Gasteiger partial charge in [0.2, 0.25) is 0 Å². The molecule has 1 aromatic carbocycles. The molecule has 1 unspecified atom stereocenters.